The zero-order valence-electron chi connectivity index (χ0n) is 10.4. The lowest BCUT2D eigenvalue weighted by atomic mass is 10.1. The van der Waals surface area contributed by atoms with Crippen LogP contribution >= 0.6 is 11.6 Å². The molecule has 0 saturated carbocycles. The van der Waals surface area contributed by atoms with E-state index in [-0.39, 0.29) is 0 Å². The molecule has 100 valence electrons. The van der Waals surface area contributed by atoms with Gasteiger partial charge >= 0.3 is 0 Å². The largest absolute Gasteiger partial charge is 0.387 e. The minimum Gasteiger partial charge on any atom is -0.387 e. The van der Waals surface area contributed by atoms with E-state index < -0.39 is 6.10 Å². The lowest BCUT2D eigenvalue weighted by molar-refractivity contribution is 0.131. The first kappa shape index (κ1) is 15.2. The molecule has 0 heterocycles. The van der Waals surface area contributed by atoms with E-state index in [0.717, 1.165) is 12.0 Å². The average Bonchev–Trinajstić information content (AvgIpc) is 2.38. The standard InChI is InChI=1S/C14H20ClNO2/c1-2-3-9-18-10-8-16-11-14(17)12-6-4-5-7-13(12)15/h2,4-7,14,16-17H,1,3,8-11H2. The molecule has 18 heavy (non-hydrogen) atoms. The number of halogens is 1. The van der Waals surface area contributed by atoms with Crippen molar-refractivity contribution < 1.29 is 9.84 Å². The first-order chi connectivity index (χ1) is 8.75. The van der Waals surface area contributed by atoms with Gasteiger partial charge < -0.3 is 15.2 Å². The Morgan fingerprint density at radius 3 is 2.89 bits per heavy atom. The van der Waals surface area contributed by atoms with Crippen LogP contribution in [0.3, 0.4) is 0 Å². The summed E-state index contributed by atoms with van der Waals surface area (Å²) >= 11 is 5.99. The summed E-state index contributed by atoms with van der Waals surface area (Å²) in [5.74, 6) is 0. The lowest BCUT2D eigenvalue weighted by Crippen LogP contribution is -2.25. The summed E-state index contributed by atoms with van der Waals surface area (Å²) in [5.41, 5.74) is 0.749. The van der Waals surface area contributed by atoms with Gasteiger partial charge in [-0.05, 0) is 12.5 Å². The van der Waals surface area contributed by atoms with Gasteiger partial charge in [0.1, 0.15) is 0 Å². The van der Waals surface area contributed by atoms with Gasteiger partial charge in [0.25, 0.3) is 0 Å². The maximum Gasteiger partial charge on any atom is 0.0928 e. The van der Waals surface area contributed by atoms with Crippen molar-refractivity contribution in [3.63, 3.8) is 0 Å². The highest BCUT2D eigenvalue weighted by molar-refractivity contribution is 6.31. The highest BCUT2D eigenvalue weighted by Gasteiger charge is 2.09. The summed E-state index contributed by atoms with van der Waals surface area (Å²) in [4.78, 5) is 0. The Balaban J connectivity index is 2.16. The van der Waals surface area contributed by atoms with Crippen molar-refractivity contribution in [2.24, 2.45) is 0 Å². The molecular weight excluding hydrogens is 250 g/mol. The molecule has 0 amide bonds. The molecule has 0 bridgehead atoms. The summed E-state index contributed by atoms with van der Waals surface area (Å²) < 4.78 is 5.34. The zero-order chi connectivity index (χ0) is 13.2. The summed E-state index contributed by atoms with van der Waals surface area (Å²) in [7, 11) is 0. The van der Waals surface area contributed by atoms with Gasteiger partial charge in [-0.1, -0.05) is 35.9 Å². The Labute approximate surface area is 113 Å². The monoisotopic (exact) mass is 269 g/mol. The number of aliphatic hydroxyl groups excluding tert-OH is 1. The van der Waals surface area contributed by atoms with Crippen molar-refractivity contribution in [3.8, 4) is 0 Å². The van der Waals surface area contributed by atoms with Gasteiger partial charge in [0.2, 0.25) is 0 Å². The minimum atomic E-state index is -0.591. The maximum absolute atomic E-state index is 9.94. The lowest BCUT2D eigenvalue weighted by Gasteiger charge is -2.13. The molecule has 0 aliphatic carbocycles. The van der Waals surface area contributed by atoms with E-state index in [1.54, 1.807) is 6.07 Å². The second-order valence-electron chi connectivity index (χ2n) is 3.93. The van der Waals surface area contributed by atoms with Crippen LogP contribution in [0.2, 0.25) is 5.02 Å². The van der Waals surface area contributed by atoms with Crippen LogP contribution in [0.15, 0.2) is 36.9 Å². The smallest absolute Gasteiger partial charge is 0.0928 e. The van der Waals surface area contributed by atoms with Gasteiger partial charge in [0.05, 0.1) is 19.3 Å². The molecule has 1 atom stereocenters. The Morgan fingerprint density at radius 2 is 2.17 bits per heavy atom. The number of benzene rings is 1. The SMILES string of the molecule is C=CCCOCCNCC(O)c1ccccc1Cl. The topological polar surface area (TPSA) is 41.5 Å². The third kappa shape index (κ3) is 5.65. The first-order valence-electron chi connectivity index (χ1n) is 6.07. The molecule has 0 aliphatic heterocycles. The molecule has 0 radical (unpaired) electrons. The van der Waals surface area contributed by atoms with E-state index in [9.17, 15) is 5.11 Å². The van der Waals surface area contributed by atoms with E-state index >= 15 is 0 Å². The van der Waals surface area contributed by atoms with Crippen molar-refractivity contribution in [3.05, 3.63) is 47.5 Å². The first-order valence-corrected chi connectivity index (χ1v) is 6.45. The van der Waals surface area contributed by atoms with Crippen LogP contribution < -0.4 is 5.32 Å². The van der Waals surface area contributed by atoms with Crippen LogP contribution in [0.4, 0.5) is 0 Å². The third-order valence-corrected chi connectivity index (χ3v) is 2.84. The fourth-order valence-corrected chi connectivity index (χ4v) is 1.77. The predicted octanol–water partition coefficient (Wildman–Crippen LogP) is 2.56. The molecule has 0 aliphatic rings. The molecule has 2 N–H and O–H groups in total. The molecule has 1 rings (SSSR count). The van der Waals surface area contributed by atoms with Gasteiger partial charge in [-0.15, -0.1) is 6.58 Å². The number of hydrogen-bond acceptors (Lipinski definition) is 3. The minimum absolute atomic E-state index is 0.467. The Bertz CT molecular complexity index is 357. The maximum atomic E-state index is 9.94. The van der Waals surface area contributed by atoms with Crippen molar-refractivity contribution in [1.29, 1.82) is 0 Å². The number of nitrogens with one attached hydrogen (secondary N) is 1. The quantitative estimate of drug-likeness (QED) is 0.535. The van der Waals surface area contributed by atoms with E-state index in [1.807, 2.05) is 24.3 Å². The molecule has 3 nitrogen and oxygen atoms in total. The molecule has 1 aromatic carbocycles. The average molecular weight is 270 g/mol. The molecule has 1 unspecified atom stereocenters. The molecule has 4 heteroatoms. The zero-order valence-corrected chi connectivity index (χ0v) is 11.2. The second-order valence-corrected chi connectivity index (χ2v) is 4.34. The van der Waals surface area contributed by atoms with Crippen molar-refractivity contribution in [2.75, 3.05) is 26.3 Å². The van der Waals surface area contributed by atoms with Crippen LogP contribution in [0.5, 0.6) is 0 Å². The summed E-state index contributed by atoms with van der Waals surface area (Å²) in [6.07, 6.45) is 2.10. The molecule has 0 spiro atoms. The normalized spacial score (nSPS) is 12.3. The third-order valence-electron chi connectivity index (χ3n) is 2.49. The van der Waals surface area contributed by atoms with Gasteiger partial charge in [-0.3, -0.25) is 0 Å². The summed E-state index contributed by atoms with van der Waals surface area (Å²) in [6.45, 7) is 6.11. The highest BCUT2D eigenvalue weighted by atomic mass is 35.5. The predicted molar refractivity (Wildman–Crippen MR) is 74.9 cm³/mol. The number of rotatable bonds is 9. The molecule has 1 aromatic rings. The highest BCUT2D eigenvalue weighted by Crippen LogP contribution is 2.21. The van der Waals surface area contributed by atoms with E-state index in [2.05, 4.69) is 11.9 Å². The Kier molecular flexibility index (Phi) is 7.69. The summed E-state index contributed by atoms with van der Waals surface area (Å²) in [5, 5.41) is 13.7. The number of aliphatic hydroxyl groups is 1. The fourth-order valence-electron chi connectivity index (χ4n) is 1.51. The van der Waals surface area contributed by atoms with E-state index in [0.29, 0.717) is 31.3 Å². The molecular formula is C14H20ClNO2. The number of ether oxygens (including phenoxy) is 1. The van der Waals surface area contributed by atoms with Crippen LogP contribution in [0, 0.1) is 0 Å². The van der Waals surface area contributed by atoms with Crippen LogP contribution in [-0.4, -0.2) is 31.4 Å². The van der Waals surface area contributed by atoms with Gasteiger partial charge in [-0.25, -0.2) is 0 Å². The second kappa shape index (κ2) is 9.11. The van der Waals surface area contributed by atoms with Crippen molar-refractivity contribution >= 4 is 11.6 Å². The molecule has 0 aromatic heterocycles. The number of hydrogen-bond donors (Lipinski definition) is 2. The van der Waals surface area contributed by atoms with E-state index in [4.69, 9.17) is 16.3 Å². The van der Waals surface area contributed by atoms with Crippen molar-refractivity contribution in [2.45, 2.75) is 12.5 Å². The van der Waals surface area contributed by atoms with E-state index in [1.165, 1.54) is 0 Å². The van der Waals surface area contributed by atoms with Crippen LogP contribution in [0.25, 0.3) is 0 Å². The van der Waals surface area contributed by atoms with Gasteiger partial charge in [0.15, 0.2) is 0 Å². The molecule has 0 saturated heterocycles. The Hall–Kier alpha value is -0.870. The molecule has 0 fully saturated rings. The van der Waals surface area contributed by atoms with Gasteiger partial charge in [0, 0.05) is 23.7 Å². The van der Waals surface area contributed by atoms with Crippen LogP contribution in [-0.2, 0) is 4.74 Å². The Morgan fingerprint density at radius 1 is 1.39 bits per heavy atom. The van der Waals surface area contributed by atoms with Crippen molar-refractivity contribution in [1.82, 2.24) is 5.32 Å². The fraction of sp³-hybridized carbons (Fsp3) is 0.429. The van der Waals surface area contributed by atoms with Gasteiger partial charge in [-0.2, -0.15) is 0 Å². The summed E-state index contributed by atoms with van der Waals surface area (Å²) in [6, 6.07) is 7.32. The van der Waals surface area contributed by atoms with Crippen LogP contribution in [0.1, 0.15) is 18.1 Å².